The Bertz CT molecular complexity index is 793. The van der Waals surface area contributed by atoms with Crippen LogP contribution in [0.15, 0.2) is 29.2 Å². The molecule has 0 bridgehead atoms. The van der Waals surface area contributed by atoms with Crippen molar-refractivity contribution in [1.29, 1.82) is 0 Å². The maximum Gasteiger partial charge on any atom is 0.326 e. The summed E-state index contributed by atoms with van der Waals surface area (Å²) < 4.78 is 26.7. The summed E-state index contributed by atoms with van der Waals surface area (Å²) in [5, 5.41) is 20.0. The van der Waals surface area contributed by atoms with Gasteiger partial charge in [0.15, 0.2) is 0 Å². The highest BCUT2D eigenvalue weighted by molar-refractivity contribution is 7.89. The third kappa shape index (κ3) is 8.03. The van der Waals surface area contributed by atoms with E-state index in [4.69, 9.17) is 15.9 Å². The maximum atomic E-state index is 12.1. The number of carboxylic acids is 2. The smallest absolute Gasteiger partial charge is 0.326 e. The number of unbranched alkanes of at least 4 members (excludes halogenated alkanes) is 1. The quantitative estimate of drug-likeness (QED) is 0.292. The molecule has 0 aliphatic rings. The van der Waals surface area contributed by atoms with Gasteiger partial charge in [-0.25, -0.2) is 17.9 Å². The van der Waals surface area contributed by atoms with Crippen molar-refractivity contribution in [1.82, 2.24) is 10.0 Å². The molecular formula is C17H25N3O7S. The third-order valence-electron chi connectivity index (χ3n) is 3.89. The zero-order valence-electron chi connectivity index (χ0n) is 15.4. The van der Waals surface area contributed by atoms with E-state index in [0.717, 1.165) is 5.56 Å². The minimum Gasteiger partial charge on any atom is -0.481 e. The van der Waals surface area contributed by atoms with Crippen LogP contribution in [0.2, 0.25) is 0 Å². The zero-order valence-corrected chi connectivity index (χ0v) is 16.2. The predicted octanol–water partition coefficient (Wildman–Crippen LogP) is -0.185. The van der Waals surface area contributed by atoms with E-state index >= 15 is 0 Å². The van der Waals surface area contributed by atoms with E-state index in [2.05, 4.69) is 10.0 Å². The summed E-state index contributed by atoms with van der Waals surface area (Å²) >= 11 is 0. The first kappa shape index (κ1) is 23.5. The Morgan fingerprint density at radius 1 is 1.11 bits per heavy atom. The average molecular weight is 415 g/mol. The summed E-state index contributed by atoms with van der Waals surface area (Å²) in [5.74, 6) is -3.42. The molecule has 0 spiro atoms. The molecule has 0 saturated heterocycles. The van der Waals surface area contributed by atoms with Crippen LogP contribution in [0.5, 0.6) is 0 Å². The summed E-state index contributed by atoms with van der Waals surface area (Å²) in [6, 6.07) is 3.77. The summed E-state index contributed by atoms with van der Waals surface area (Å²) in [6.45, 7) is 1.95. The van der Waals surface area contributed by atoms with Gasteiger partial charge >= 0.3 is 11.9 Å². The first-order valence-electron chi connectivity index (χ1n) is 8.60. The van der Waals surface area contributed by atoms with Gasteiger partial charge in [-0.2, -0.15) is 0 Å². The molecule has 0 aromatic heterocycles. The van der Waals surface area contributed by atoms with E-state index < -0.39 is 46.4 Å². The SMILES string of the molecule is Cc1ccc(S(=O)(=O)NCCCC[C@H](NC(=O)[C@@H](N)CC(=O)O)C(=O)O)cc1. The minimum atomic E-state index is -3.64. The van der Waals surface area contributed by atoms with Crippen molar-refractivity contribution in [3.8, 4) is 0 Å². The van der Waals surface area contributed by atoms with Crippen molar-refractivity contribution in [2.75, 3.05) is 6.54 Å². The fourth-order valence-electron chi connectivity index (χ4n) is 2.30. The third-order valence-corrected chi connectivity index (χ3v) is 5.37. The van der Waals surface area contributed by atoms with Gasteiger partial charge in [-0.05, 0) is 38.3 Å². The maximum absolute atomic E-state index is 12.1. The number of carbonyl (C=O) groups excluding carboxylic acids is 1. The molecule has 28 heavy (non-hydrogen) atoms. The highest BCUT2D eigenvalue weighted by atomic mass is 32.2. The van der Waals surface area contributed by atoms with Gasteiger partial charge in [-0.3, -0.25) is 9.59 Å². The molecule has 0 aliphatic heterocycles. The molecule has 1 rings (SSSR count). The van der Waals surface area contributed by atoms with Crippen LogP contribution in [-0.4, -0.2) is 55.1 Å². The number of sulfonamides is 1. The molecule has 2 atom stereocenters. The highest BCUT2D eigenvalue weighted by Gasteiger charge is 2.24. The second-order valence-corrected chi connectivity index (χ2v) is 8.08. The number of rotatable bonds is 12. The van der Waals surface area contributed by atoms with Crippen LogP contribution in [-0.2, 0) is 24.4 Å². The molecule has 1 amide bonds. The Kier molecular flexibility index (Phi) is 9.03. The molecule has 10 nitrogen and oxygen atoms in total. The van der Waals surface area contributed by atoms with Crippen molar-refractivity contribution in [3.63, 3.8) is 0 Å². The second kappa shape index (κ2) is 10.7. The normalized spacial score (nSPS) is 13.5. The molecule has 0 heterocycles. The van der Waals surface area contributed by atoms with E-state index in [1.807, 2.05) is 6.92 Å². The lowest BCUT2D eigenvalue weighted by Gasteiger charge is -2.17. The van der Waals surface area contributed by atoms with Crippen molar-refractivity contribution >= 4 is 27.9 Å². The molecule has 0 radical (unpaired) electrons. The number of aryl methyl sites for hydroxylation is 1. The molecule has 1 aromatic carbocycles. The van der Waals surface area contributed by atoms with E-state index in [9.17, 15) is 22.8 Å². The Hall–Kier alpha value is -2.50. The Morgan fingerprint density at radius 3 is 2.25 bits per heavy atom. The van der Waals surface area contributed by atoms with Gasteiger partial charge in [0, 0.05) is 6.54 Å². The topological polar surface area (TPSA) is 176 Å². The molecule has 0 unspecified atom stereocenters. The number of hydrogen-bond acceptors (Lipinski definition) is 6. The van der Waals surface area contributed by atoms with Crippen LogP contribution in [0.25, 0.3) is 0 Å². The average Bonchev–Trinajstić information content (AvgIpc) is 2.59. The number of nitrogens with two attached hydrogens (primary N) is 1. The van der Waals surface area contributed by atoms with Gasteiger partial charge in [-0.15, -0.1) is 0 Å². The van der Waals surface area contributed by atoms with Crippen LogP contribution in [0.1, 0.15) is 31.2 Å². The molecule has 6 N–H and O–H groups in total. The lowest BCUT2D eigenvalue weighted by atomic mass is 10.1. The first-order valence-corrected chi connectivity index (χ1v) is 10.1. The van der Waals surface area contributed by atoms with Crippen LogP contribution >= 0.6 is 0 Å². The van der Waals surface area contributed by atoms with Gasteiger partial charge in [0.1, 0.15) is 6.04 Å². The monoisotopic (exact) mass is 415 g/mol. The van der Waals surface area contributed by atoms with Gasteiger partial charge in [0.05, 0.1) is 17.4 Å². The van der Waals surface area contributed by atoms with Crippen LogP contribution in [0.3, 0.4) is 0 Å². The minimum absolute atomic E-state index is 0.0487. The molecule has 0 saturated carbocycles. The number of carboxylic acid groups (broad SMARTS) is 2. The summed E-state index contributed by atoms with van der Waals surface area (Å²) in [5.41, 5.74) is 6.33. The van der Waals surface area contributed by atoms with Gasteiger partial charge in [0.2, 0.25) is 15.9 Å². The van der Waals surface area contributed by atoms with Crippen molar-refractivity contribution < 1.29 is 33.0 Å². The summed E-state index contributed by atoms with van der Waals surface area (Å²) in [4.78, 5) is 33.7. The first-order chi connectivity index (χ1) is 13.0. The Morgan fingerprint density at radius 2 is 1.71 bits per heavy atom. The predicted molar refractivity (Wildman–Crippen MR) is 100 cm³/mol. The van der Waals surface area contributed by atoms with Crippen LogP contribution < -0.4 is 15.8 Å². The fourth-order valence-corrected chi connectivity index (χ4v) is 3.37. The summed E-state index contributed by atoms with van der Waals surface area (Å²) in [7, 11) is -3.64. The number of carbonyl (C=O) groups is 3. The molecule has 1 aromatic rings. The number of amides is 1. The number of hydrogen-bond donors (Lipinski definition) is 5. The van der Waals surface area contributed by atoms with Crippen molar-refractivity contribution in [3.05, 3.63) is 29.8 Å². The number of nitrogens with one attached hydrogen (secondary N) is 2. The Balaban J connectivity index is 2.44. The molecular weight excluding hydrogens is 390 g/mol. The lowest BCUT2D eigenvalue weighted by Crippen LogP contribution is -2.49. The van der Waals surface area contributed by atoms with Crippen molar-refractivity contribution in [2.24, 2.45) is 5.73 Å². The number of aliphatic carboxylic acids is 2. The molecule has 11 heteroatoms. The fraction of sp³-hybridized carbons (Fsp3) is 0.471. The van der Waals surface area contributed by atoms with E-state index in [0.29, 0.717) is 12.8 Å². The zero-order chi connectivity index (χ0) is 21.3. The summed E-state index contributed by atoms with van der Waals surface area (Å²) in [6.07, 6.45) is 0.111. The molecule has 0 aliphatic carbocycles. The van der Waals surface area contributed by atoms with Crippen molar-refractivity contribution in [2.45, 2.75) is 49.6 Å². The van der Waals surface area contributed by atoms with E-state index in [1.54, 1.807) is 12.1 Å². The molecule has 156 valence electrons. The standard InChI is InChI=1S/C17H25N3O7S/c1-11-5-7-12(8-6-11)28(26,27)19-9-3-2-4-14(17(24)25)20-16(23)13(18)10-15(21)22/h5-8,13-14,19H,2-4,9-10,18H2,1H3,(H,20,23)(H,21,22)(H,24,25)/t13-,14-/m0/s1. The lowest BCUT2D eigenvalue weighted by molar-refractivity contribution is -0.142. The Labute approximate surface area is 163 Å². The van der Waals surface area contributed by atoms with Crippen LogP contribution in [0.4, 0.5) is 0 Å². The molecule has 0 fully saturated rings. The van der Waals surface area contributed by atoms with E-state index in [1.165, 1.54) is 12.1 Å². The van der Waals surface area contributed by atoms with Gasteiger partial charge in [0.25, 0.3) is 0 Å². The van der Waals surface area contributed by atoms with Gasteiger partial charge in [-0.1, -0.05) is 17.7 Å². The highest BCUT2D eigenvalue weighted by Crippen LogP contribution is 2.10. The van der Waals surface area contributed by atoms with E-state index in [-0.39, 0.29) is 17.9 Å². The second-order valence-electron chi connectivity index (χ2n) is 6.31. The van der Waals surface area contributed by atoms with Crippen LogP contribution in [0, 0.1) is 6.92 Å². The van der Waals surface area contributed by atoms with Gasteiger partial charge < -0.3 is 21.3 Å². The largest absolute Gasteiger partial charge is 0.481 e. The number of benzene rings is 1.